The molecular formula is C25H19Cl3N2O6. The molecule has 0 bridgehead atoms. The SMILES string of the molecule is CCOc1cc(/C=C2\C(=O)NC(=O)N(Cc3ccco3)C2=O)cc(Cl)c1OCc1ccc(Cl)cc1Cl. The van der Waals surface area contributed by atoms with Crippen LogP contribution in [0, 0.1) is 0 Å². The average molecular weight is 550 g/mol. The minimum Gasteiger partial charge on any atom is -0.490 e. The van der Waals surface area contributed by atoms with Crippen LogP contribution in [0.4, 0.5) is 4.79 Å². The second-order valence-corrected chi connectivity index (χ2v) is 8.83. The zero-order chi connectivity index (χ0) is 25.8. The summed E-state index contributed by atoms with van der Waals surface area (Å²) < 4.78 is 16.8. The van der Waals surface area contributed by atoms with Crippen LogP contribution >= 0.6 is 34.8 Å². The molecule has 4 rings (SSSR count). The monoisotopic (exact) mass is 548 g/mol. The highest BCUT2D eigenvalue weighted by Crippen LogP contribution is 2.38. The van der Waals surface area contributed by atoms with Crippen LogP contribution in [0.1, 0.15) is 23.8 Å². The molecule has 0 saturated carbocycles. The van der Waals surface area contributed by atoms with Crippen LogP contribution in [0.2, 0.25) is 15.1 Å². The molecule has 2 heterocycles. The van der Waals surface area contributed by atoms with Gasteiger partial charge in [0.1, 0.15) is 17.9 Å². The summed E-state index contributed by atoms with van der Waals surface area (Å²) in [5, 5.41) is 3.29. The Kier molecular flexibility index (Phi) is 7.88. The Labute approximate surface area is 221 Å². The number of amides is 4. The lowest BCUT2D eigenvalue weighted by atomic mass is 10.1. The van der Waals surface area contributed by atoms with Gasteiger partial charge in [-0.05, 0) is 55.0 Å². The Morgan fingerprint density at radius 3 is 2.53 bits per heavy atom. The molecule has 11 heteroatoms. The first kappa shape index (κ1) is 25.6. The molecule has 1 aromatic heterocycles. The molecule has 186 valence electrons. The Morgan fingerprint density at radius 2 is 1.83 bits per heavy atom. The molecule has 36 heavy (non-hydrogen) atoms. The fourth-order valence-corrected chi connectivity index (χ4v) is 4.16. The fourth-order valence-electron chi connectivity index (χ4n) is 3.43. The number of carbonyl (C=O) groups is 3. The summed E-state index contributed by atoms with van der Waals surface area (Å²) in [6.07, 6.45) is 2.75. The van der Waals surface area contributed by atoms with Crippen molar-refractivity contribution in [1.29, 1.82) is 0 Å². The van der Waals surface area contributed by atoms with Gasteiger partial charge < -0.3 is 13.9 Å². The van der Waals surface area contributed by atoms with Crippen LogP contribution in [-0.2, 0) is 22.7 Å². The van der Waals surface area contributed by atoms with Crippen LogP contribution in [0.5, 0.6) is 11.5 Å². The van der Waals surface area contributed by atoms with Crippen LogP contribution in [0.3, 0.4) is 0 Å². The summed E-state index contributed by atoms with van der Waals surface area (Å²) in [6.45, 7) is 2.06. The van der Waals surface area contributed by atoms with Gasteiger partial charge >= 0.3 is 6.03 Å². The standard InChI is InChI=1S/C25H19Cl3N2O6/c1-2-34-21-10-14(9-20(28)22(21)36-13-15-5-6-16(26)11-19(15)27)8-18-23(31)29-25(33)30(24(18)32)12-17-4-3-7-35-17/h3-11H,2,12-13H2,1H3,(H,29,31,33)/b18-8+. The van der Waals surface area contributed by atoms with Gasteiger partial charge in [0.2, 0.25) is 0 Å². The largest absolute Gasteiger partial charge is 0.490 e. The molecular weight excluding hydrogens is 531 g/mol. The number of carbonyl (C=O) groups excluding carboxylic acids is 3. The number of ether oxygens (including phenoxy) is 2. The van der Waals surface area contributed by atoms with Crippen molar-refractivity contribution in [1.82, 2.24) is 10.2 Å². The first-order valence-electron chi connectivity index (χ1n) is 10.7. The first-order valence-corrected chi connectivity index (χ1v) is 11.8. The number of urea groups is 1. The Balaban J connectivity index is 1.62. The number of hydrogen-bond acceptors (Lipinski definition) is 6. The lowest BCUT2D eigenvalue weighted by Gasteiger charge is -2.25. The van der Waals surface area contributed by atoms with Crippen molar-refractivity contribution in [3.63, 3.8) is 0 Å². The molecule has 0 atom stereocenters. The Morgan fingerprint density at radius 1 is 1.03 bits per heavy atom. The molecule has 0 spiro atoms. The summed E-state index contributed by atoms with van der Waals surface area (Å²) in [6, 6.07) is 10.5. The summed E-state index contributed by atoms with van der Waals surface area (Å²) in [5.74, 6) is -0.648. The van der Waals surface area contributed by atoms with Crippen molar-refractivity contribution < 1.29 is 28.3 Å². The van der Waals surface area contributed by atoms with Gasteiger partial charge in [0.15, 0.2) is 11.5 Å². The average Bonchev–Trinajstić information content (AvgIpc) is 3.33. The molecule has 1 aliphatic rings. The van der Waals surface area contributed by atoms with Crippen LogP contribution in [0.15, 0.2) is 58.7 Å². The maximum atomic E-state index is 13.0. The normalized spacial score (nSPS) is 14.8. The molecule has 0 radical (unpaired) electrons. The molecule has 3 aromatic rings. The van der Waals surface area contributed by atoms with E-state index >= 15 is 0 Å². The molecule has 1 aliphatic heterocycles. The summed E-state index contributed by atoms with van der Waals surface area (Å²) in [5.41, 5.74) is 0.837. The van der Waals surface area contributed by atoms with Crippen LogP contribution < -0.4 is 14.8 Å². The highest BCUT2D eigenvalue weighted by atomic mass is 35.5. The molecule has 1 N–H and O–H groups in total. The quantitative estimate of drug-likeness (QED) is 0.278. The second-order valence-electron chi connectivity index (χ2n) is 7.58. The number of hydrogen-bond donors (Lipinski definition) is 1. The number of furan rings is 1. The smallest absolute Gasteiger partial charge is 0.331 e. The highest BCUT2D eigenvalue weighted by Gasteiger charge is 2.36. The van der Waals surface area contributed by atoms with E-state index in [1.165, 1.54) is 18.4 Å². The predicted molar refractivity (Wildman–Crippen MR) is 134 cm³/mol. The van der Waals surface area contributed by atoms with E-state index in [2.05, 4.69) is 5.32 Å². The van der Waals surface area contributed by atoms with Crippen molar-refractivity contribution in [2.24, 2.45) is 0 Å². The molecule has 4 amide bonds. The van der Waals surface area contributed by atoms with Gasteiger partial charge in [0, 0.05) is 15.6 Å². The van der Waals surface area contributed by atoms with E-state index in [9.17, 15) is 14.4 Å². The van der Waals surface area contributed by atoms with Gasteiger partial charge in [0.25, 0.3) is 11.8 Å². The summed E-state index contributed by atoms with van der Waals surface area (Å²) >= 11 is 18.7. The third kappa shape index (κ3) is 5.67. The van der Waals surface area contributed by atoms with Gasteiger partial charge in [-0.1, -0.05) is 40.9 Å². The maximum Gasteiger partial charge on any atom is 0.331 e. The molecule has 2 aromatic carbocycles. The number of benzene rings is 2. The number of nitrogens with zero attached hydrogens (tertiary/aromatic N) is 1. The van der Waals surface area contributed by atoms with Gasteiger partial charge in [-0.15, -0.1) is 0 Å². The Hall–Kier alpha value is -3.46. The minimum absolute atomic E-state index is 0.0982. The molecule has 0 unspecified atom stereocenters. The highest BCUT2D eigenvalue weighted by molar-refractivity contribution is 6.35. The zero-order valence-corrected chi connectivity index (χ0v) is 21.1. The van der Waals surface area contributed by atoms with E-state index in [-0.39, 0.29) is 29.5 Å². The number of rotatable bonds is 8. The number of halogens is 3. The lowest BCUT2D eigenvalue weighted by Crippen LogP contribution is -2.53. The van der Waals surface area contributed by atoms with E-state index in [0.29, 0.717) is 39.3 Å². The third-order valence-electron chi connectivity index (χ3n) is 5.11. The summed E-state index contributed by atoms with van der Waals surface area (Å²) in [7, 11) is 0. The molecule has 8 nitrogen and oxygen atoms in total. The maximum absolute atomic E-state index is 13.0. The van der Waals surface area contributed by atoms with E-state index in [0.717, 1.165) is 4.90 Å². The predicted octanol–water partition coefficient (Wildman–Crippen LogP) is 5.88. The van der Waals surface area contributed by atoms with Gasteiger partial charge in [0.05, 0.1) is 24.4 Å². The first-order chi connectivity index (χ1) is 17.3. The van der Waals surface area contributed by atoms with Crippen molar-refractivity contribution in [2.75, 3.05) is 6.61 Å². The van der Waals surface area contributed by atoms with Crippen molar-refractivity contribution >= 4 is 58.7 Å². The fraction of sp³-hybridized carbons (Fsp3) is 0.160. The number of barbiturate groups is 1. The number of nitrogens with one attached hydrogen (secondary N) is 1. The van der Waals surface area contributed by atoms with Crippen molar-refractivity contribution in [3.8, 4) is 11.5 Å². The van der Waals surface area contributed by atoms with E-state index < -0.39 is 17.8 Å². The van der Waals surface area contributed by atoms with E-state index in [1.54, 1.807) is 43.3 Å². The molecule has 0 aliphatic carbocycles. The third-order valence-corrected chi connectivity index (χ3v) is 5.98. The lowest BCUT2D eigenvalue weighted by molar-refractivity contribution is -0.130. The van der Waals surface area contributed by atoms with Gasteiger partial charge in [-0.2, -0.15) is 0 Å². The van der Waals surface area contributed by atoms with Crippen molar-refractivity contribution in [3.05, 3.63) is 86.3 Å². The van der Waals surface area contributed by atoms with Gasteiger partial charge in [-0.3, -0.25) is 19.8 Å². The number of imide groups is 2. The van der Waals surface area contributed by atoms with Crippen LogP contribution in [-0.4, -0.2) is 29.4 Å². The topological polar surface area (TPSA) is 98.1 Å². The Bertz CT molecular complexity index is 1350. The zero-order valence-electron chi connectivity index (χ0n) is 18.8. The van der Waals surface area contributed by atoms with Crippen molar-refractivity contribution in [2.45, 2.75) is 20.1 Å². The van der Waals surface area contributed by atoms with Gasteiger partial charge in [-0.25, -0.2) is 4.79 Å². The van der Waals surface area contributed by atoms with E-state index in [1.807, 2.05) is 0 Å². The molecule has 1 fully saturated rings. The van der Waals surface area contributed by atoms with E-state index in [4.69, 9.17) is 48.7 Å². The second kappa shape index (κ2) is 11.1. The molecule has 1 saturated heterocycles. The summed E-state index contributed by atoms with van der Waals surface area (Å²) in [4.78, 5) is 38.6. The minimum atomic E-state index is -0.837. The van der Waals surface area contributed by atoms with Crippen LogP contribution in [0.25, 0.3) is 6.08 Å².